The van der Waals surface area contributed by atoms with Crippen LogP contribution in [0.2, 0.25) is 0 Å². The van der Waals surface area contributed by atoms with Gasteiger partial charge in [-0.25, -0.2) is 4.98 Å². The first-order chi connectivity index (χ1) is 14.9. The van der Waals surface area contributed by atoms with Gasteiger partial charge < -0.3 is 24.7 Å². The van der Waals surface area contributed by atoms with Crippen molar-refractivity contribution in [1.29, 1.82) is 0 Å². The molecule has 160 valence electrons. The molecule has 2 N–H and O–H groups in total. The van der Waals surface area contributed by atoms with Crippen LogP contribution in [0.1, 0.15) is 17.4 Å². The van der Waals surface area contributed by atoms with Gasteiger partial charge >= 0.3 is 0 Å². The maximum absolute atomic E-state index is 12.9. The first-order valence-electron chi connectivity index (χ1n) is 9.60. The highest BCUT2D eigenvalue weighted by Crippen LogP contribution is 2.33. The third-order valence-electron chi connectivity index (χ3n) is 5.05. The molecule has 0 bridgehead atoms. The van der Waals surface area contributed by atoms with Gasteiger partial charge in [-0.1, -0.05) is 23.5 Å². The Labute approximate surface area is 182 Å². The van der Waals surface area contributed by atoms with Gasteiger partial charge in [-0.2, -0.15) is 0 Å². The zero-order valence-electron chi connectivity index (χ0n) is 17.6. The molecular weight excluding hydrogens is 416 g/mol. The van der Waals surface area contributed by atoms with Crippen molar-refractivity contribution in [2.75, 3.05) is 19.5 Å². The summed E-state index contributed by atoms with van der Waals surface area (Å²) < 4.78 is 13.5. The summed E-state index contributed by atoms with van der Waals surface area (Å²) in [5.41, 5.74) is 2.01. The second-order valence-corrected chi connectivity index (χ2v) is 8.05. The number of nitrogens with one attached hydrogen (secondary N) is 2. The molecular formula is C22H22N4O4S. The first kappa shape index (κ1) is 20.7. The van der Waals surface area contributed by atoms with Gasteiger partial charge in [-0.05, 0) is 25.1 Å². The lowest BCUT2D eigenvalue weighted by Crippen LogP contribution is -2.42. The first-order valence-corrected chi connectivity index (χ1v) is 10.4. The summed E-state index contributed by atoms with van der Waals surface area (Å²) in [6, 6.07) is 12.2. The van der Waals surface area contributed by atoms with Crippen LogP contribution in [-0.2, 0) is 11.8 Å². The van der Waals surface area contributed by atoms with Crippen LogP contribution in [0.15, 0.2) is 42.5 Å². The number of nitrogens with zero attached hydrogens (tertiary/aromatic N) is 2. The van der Waals surface area contributed by atoms with Crippen molar-refractivity contribution in [3.63, 3.8) is 0 Å². The Morgan fingerprint density at radius 2 is 1.90 bits per heavy atom. The summed E-state index contributed by atoms with van der Waals surface area (Å²) in [5, 5.41) is 6.80. The number of para-hydroxylation sites is 1. The largest absolute Gasteiger partial charge is 0.497 e. The molecule has 0 aliphatic heterocycles. The van der Waals surface area contributed by atoms with Gasteiger partial charge in [0.05, 0.1) is 30.0 Å². The number of fused-ring (bicyclic) bond motifs is 2. The minimum atomic E-state index is -0.756. The van der Waals surface area contributed by atoms with Gasteiger partial charge in [-0.3, -0.25) is 9.59 Å². The van der Waals surface area contributed by atoms with Crippen LogP contribution in [0.3, 0.4) is 0 Å². The Balaban J connectivity index is 1.52. The molecule has 4 aromatic rings. The van der Waals surface area contributed by atoms with Crippen LogP contribution in [0, 0.1) is 0 Å². The summed E-state index contributed by atoms with van der Waals surface area (Å²) in [4.78, 5) is 29.9. The van der Waals surface area contributed by atoms with E-state index in [1.807, 2.05) is 30.3 Å². The number of rotatable bonds is 6. The number of methoxy groups -OCH3 is 2. The number of hydrogen-bond donors (Lipinski definition) is 2. The molecule has 0 aliphatic carbocycles. The predicted molar refractivity (Wildman–Crippen MR) is 121 cm³/mol. The van der Waals surface area contributed by atoms with Crippen LogP contribution < -0.4 is 20.1 Å². The van der Waals surface area contributed by atoms with Crippen molar-refractivity contribution in [3.05, 3.63) is 48.2 Å². The summed E-state index contributed by atoms with van der Waals surface area (Å²) in [5.74, 6) is 0.517. The van der Waals surface area contributed by atoms with Crippen LogP contribution in [0.4, 0.5) is 5.13 Å². The second kappa shape index (κ2) is 8.27. The summed E-state index contributed by atoms with van der Waals surface area (Å²) in [6.45, 7) is 1.63. The van der Waals surface area contributed by atoms with Crippen LogP contribution in [-0.4, -0.2) is 41.6 Å². The maximum atomic E-state index is 12.9. The summed E-state index contributed by atoms with van der Waals surface area (Å²) in [7, 11) is 4.92. The van der Waals surface area contributed by atoms with E-state index in [1.165, 1.54) is 11.3 Å². The van der Waals surface area contributed by atoms with Crippen molar-refractivity contribution in [2.24, 2.45) is 7.05 Å². The molecule has 0 saturated heterocycles. The molecule has 4 rings (SSSR count). The third-order valence-corrected chi connectivity index (χ3v) is 6.00. The van der Waals surface area contributed by atoms with Gasteiger partial charge in [0.1, 0.15) is 23.2 Å². The van der Waals surface area contributed by atoms with E-state index in [1.54, 1.807) is 44.9 Å². The zero-order valence-corrected chi connectivity index (χ0v) is 18.4. The minimum absolute atomic E-state index is 0.342. The van der Waals surface area contributed by atoms with Crippen LogP contribution >= 0.6 is 11.3 Å². The predicted octanol–water partition coefficient (Wildman–Crippen LogP) is 3.56. The Bertz CT molecular complexity index is 1260. The molecule has 0 fully saturated rings. The average Bonchev–Trinajstić information content (AvgIpc) is 3.33. The lowest BCUT2D eigenvalue weighted by Gasteiger charge is -2.13. The van der Waals surface area contributed by atoms with Gasteiger partial charge in [0, 0.05) is 24.6 Å². The molecule has 2 amide bonds. The van der Waals surface area contributed by atoms with E-state index in [2.05, 4.69) is 15.6 Å². The number of thiazole rings is 1. The summed E-state index contributed by atoms with van der Waals surface area (Å²) >= 11 is 1.39. The fraction of sp³-hybridized carbons (Fsp3) is 0.227. The van der Waals surface area contributed by atoms with Crippen LogP contribution in [0.5, 0.6) is 11.5 Å². The molecule has 2 heterocycles. The zero-order chi connectivity index (χ0) is 22.1. The van der Waals surface area contributed by atoms with Gasteiger partial charge in [-0.15, -0.1) is 0 Å². The number of carbonyl (C=O) groups excluding carboxylic acids is 2. The van der Waals surface area contributed by atoms with Crippen molar-refractivity contribution in [2.45, 2.75) is 13.0 Å². The van der Waals surface area contributed by atoms with Crippen molar-refractivity contribution in [1.82, 2.24) is 14.9 Å². The van der Waals surface area contributed by atoms with E-state index in [0.29, 0.717) is 22.3 Å². The molecule has 0 unspecified atom stereocenters. The van der Waals surface area contributed by atoms with E-state index in [0.717, 1.165) is 21.1 Å². The average molecular weight is 439 g/mol. The monoisotopic (exact) mass is 438 g/mol. The Morgan fingerprint density at radius 3 is 2.61 bits per heavy atom. The number of amides is 2. The summed E-state index contributed by atoms with van der Waals surface area (Å²) in [6.07, 6.45) is 0. The maximum Gasteiger partial charge on any atom is 0.268 e. The number of carbonyl (C=O) groups is 2. The normalized spacial score (nSPS) is 12.0. The molecule has 8 nitrogen and oxygen atoms in total. The molecule has 2 aromatic carbocycles. The van der Waals surface area contributed by atoms with E-state index in [-0.39, 0.29) is 11.8 Å². The molecule has 0 spiro atoms. The molecule has 9 heteroatoms. The molecule has 0 aliphatic rings. The Kier molecular flexibility index (Phi) is 5.51. The molecule has 0 saturated carbocycles. The quantitative estimate of drug-likeness (QED) is 0.480. The van der Waals surface area contributed by atoms with E-state index < -0.39 is 6.04 Å². The lowest BCUT2D eigenvalue weighted by atomic mass is 10.2. The van der Waals surface area contributed by atoms with Crippen molar-refractivity contribution < 1.29 is 19.1 Å². The highest BCUT2D eigenvalue weighted by atomic mass is 32.1. The number of hydrogen-bond acceptors (Lipinski definition) is 6. The topological polar surface area (TPSA) is 94.5 Å². The fourth-order valence-electron chi connectivity index (χ4n) is 3.35. The number of ether oxygens (including phenoxy) is 2. The SMILES string of the molecule is COc1cc(OC)c2cc(C(=O)N[C@@H](C)C(=O)Nc3nc4ccccc4s3)n(C)c2c1. The third kappa shape index (κ3) is 3.91. The van der Waals surface area contributed by atoms with E-state index >= 15 is 0 Å². The minimum Gasteiger partial charge on any atom is -0.497 e. The van der Waals surface area contributed by atoms with Gasteiger partial charge in [0.25, 0.3) is 5.91 Å². The smallest absolute Gasteiger partial charge is 0.268 e. The lowest BCUT2D eigenvalue weighted by molar-refractivity contribution is -0.117. The number of aryl methyl sites for hydroxylation is 1. The molecule has 2 aromatic heterocycles. The molecule has 31 heavy (non-hydrogen) atoms. The molecule has 0 radical (unpaired) electrons. The Hall–Kier alpha value is -3.59. The number of benzene rings is 2. The van der Waals surface area contributed by atoms with Crippen molar-refractivity contribution in [3.8, 4) is 11.5 Å². The highest BCUT2D eigenvalue weighted by Gasteiger charge is 2.22. The number of anilines is 1. The van der Waals surface area contributed by atoms with E-state index in [4.69, 9.17) is 9.47 Å². The highest BCUT2D eigenvalue weighted by molar-refractivity contribution is 7.22. The van der Waals surface area contributed by atoms with Crippen LogP contribution in [0.25, 0.3) is 21.1 Å². The van der Waals surface area contributed by atoms with E-state index in [9.17, 15) is 9.59 Å². The number of aromatic nitrogens is 2. The van der Waals surface area contributed by atoms with Gasteiger partial charge in [0.2, 0.25) is 5.91 Å². The molecule has 1 atom stereocenters. The standard InChI is InChI=1S/C22H22N4O4S/c1-12(20(27)25-22-24-15-7-5-6-8-19(15)31-22)23-21(28)17-11-14-16(26(17)2)9-13(29-3)10-18(14)30-4/h5-12H,1-4H3,(H,23,28)(H,24,25,27)/t12-/m0/s1. The second-order valence-electron chi connectivity index (χ2n) is 7.02. The Morgan fingerprint density at radius 1 is 1.13 bits per heavy atom. The fourth-order valence-corrected chi connectivity index (χ4v) is 4.22. The van der Waals surface area contributed by atoms with Crippen molar-refractivity contribution >= 4 is 49.4 Å². The van der Waals surface area contributed by atoms with Gasteiger partial charge in [0.15, 0.2) is 5.13 Å².